The Labute approximate surface area is 125 Å². The minimum atomic E-state index is -0.891. The van der Waals surface area contributed by atoms with E-state index in [0.717, 1.165) is 11.3 Å². The third-order valence-electron chi connectivity index (χ3n) is 3.96. The number of carboxylic acids is 1. The lowest BCUT2D eigenvalue weighted by Gasteiger charge is -2.30. The van der Waals surface area contributed by atoms with Crippen LogP contribution in [-0.4, -0.2) is 23.5 Å². The molecule has 2 atom stereocenters. The first-order chi connectivity index (χ1) is 10.0. The van der Waals surface area contributed by atoms with Crippen LogP contribution < -0.4 is 4.90 Å². The van der Waals surface area contributed by atoms with Crippen molar-refractivity contribution in [3.63, 3.8) is 0 Å². The van der Waals surface area contributed by atoms with Gasteiger partial charge in [0.05, 0.1) is 11.8 Å². The van der Waals surface area contributed by atoms with Gasteiger partial charge >= 0.3 is 5.97 Å². The van der Waals surface area contributed by atoms with Crippen LogP contribution in [0.1, 0.15) is 25.3 Å². The monoisotopic (exact) mass is 287 g/mol. The molecular formula is C17H21NO3. The quantitative estimate of drug-likeness (QED) is 0.866. The van der Waals surface area contributed by atoms with Gasteiger partial charge in [-0.1, -0.05) is 24.3 Å². The highest BCUT2D eigenvalue weighted by atomic mass is 16.4. The van der Waals surface area contributed by atoms with Crippen molar-refractivity contribution in [2.75, 3.05) is 11.4 Å². The number of hydrogen-bond donors (Lipinski definition) is 1. The average Bonchev–Trinajstić information content (AvgIpc) is 2.48. The number of benzene rings is 1. The fraction of sp³-hybridized carbons (Fsp3) is 0.412. The molecule has 4 heteroatoms. The van der Waals surface area contributed by atoms with Gasteiger partial charge in [0.15, 0.2) is 0 Å². The van der Waals surface area contributed by atoms with Gasteiger partial charge in [0.25, 0.3) is 0 Å². The van der Waals surface area contributed by atoms with Gasteiger partial charge in [-0.05, 0) is 44.4 Å². The summed E-state index contributed by atoms with van der Waals surface area (Å²) in [6.07, 6.45) is 4.69. The Morgan fingerprint density at radius 2 is 1.90 bits per heavy atom. The zero-order valence-electron chi connectivity index (χ0n) is 12.5. The molecule has 0 saturated heterocycles. The molecular weight excluding hydrogens is 266 g/mol. The number of carbonyl (C=O) groups is 2. The fourth-order valence-corrected chi connectivity index (χ4v) is 2.82. The van der Waals surface area contributed by atoms with E-state index >= 15 is 0 Å². The Hall–Kier alpha value is -2.10. The second-order valence-electron chi connectivity index (χ2n) is 5.42. The van der Waals surface area contributed by atoms with E-state index in [1.54, 1.807) is 4.90 Å². The molecule has 1 aromatic carbocycles. The molecule has 0 aromatic heterocycles. The first-order valence-electron chi connectivity index (χ1n) is 7.30. The van der Waals surface area contributed by atoms with Crippen molar-refractivity contribution < 1.29 is 14.7 Å². The number of carbonyl (C=O) groups excluding carboxylic acids is 1. The Balaban J connectivity index is 2.27. The molecule has 2 rings (SSSR count). The van der Waals surface area contributed by atoms with Crippen molar-refractivity contribution >= 4 is 17.6 Å². The van der Waals surface area contributed by atoms with Gasteiger partial charge in [0.1, 0.15) is 0 Å². The van der Waals surface area contributed by atoms with Crippen LogP contribution in [-0.2, 0) is 9.59 Å². The third-order valence-corrected chi connectivity index (χ3v) is 3.96. The highest BCUT2D eigenvalue weighted by molar-refractivity contribution is 5.97. The minimum Gasteiger partial charge on any atom is -0.481 e. The van der Waals surface area contributed by atoms with Crippen LogP contribution in [0.25, 0.3) is 0 Å². The van der Waals surface area contributed by atoms with E-state index in [9.17, 15) is 14.7 Å². The zero-order valence-corrected chi connectivity index (χ0v) is 12.5. The molecule has 0 spiro atoms. The number of nitrogens with zero attached hydrogens (tertiary/aromatic N) is 1. The highest BCUT2D eigenvalue weighted by Gasteiger charge is 2.36. The second-order valence-corrected chi connectivity index (χ2v) is 5.42. The van der Waals surface area contributed by atoms with Crippen LogP contribution in [0.3, 0.4) is 0 Å². The van der Waals surface area contributed by atoms with Gasteiger partial charge in [-0.25, -0.2) is 0 Å². The van der Waals surface area contributed by atoms with E-state index in [0.29, 0.717) is 19.4 Å². The van der Waals surface area contributed by atoms with Crippen LogP contribution in [0.15, 0.2) is 36.4 Å². The molecule has 1 aliphatic rings. The maximum absolute atomic E-state index is 12.8. The van der Waals surface area contributed by atoms with Gasteiger partial charge < -0.3 is 10.0 Å². The molecule has 0 fully saturated rings. The second kappa shape index (κ2) is 6.57. The number of aryl methyl sites for hydroxylation is 1. The van der Waals surface area contributed by atoms with Crippen molar-refractivity contribution in [3.05, 3.63) is 42.0 Å². The molecule has 1 amide bonds. The van der Waals surface area contributed by atoms with E-state index < -0.39 is 17.8 Å². The van der Waals surface area contributed by atoms with Gasteiger partial charge in [-0.15, -0.1) is 0 Å². The lowest BCUT2D eigenvalue weighted by Crippen LogP contribution is -2.42. The van der Waals surface area contributed by atoms with Crippen molar-refractivity contribution in [2.24, 2.45) is 11.8 Å². The van der Waals surface area contributed by atoms with Gasteiger partial charge in [-0.3, -0.25) is 9.59 Å². The predicted octanol–water partition coefficient (Wildman–Crippen LogP) is 3.01. The molecule has 112 valence electrons. The van der Waals surface area contributed by atoms with E-state index in [1.165, 1.54) is 0 Å². The summed E-state index contributed by atoms with van der Waals surface area (Å²) in [5, 5.41) is 9.32. The van der Waals surface area contributed by atoms with Crippen molar-refractivity contribution in [1.82, 2.24) is 0 Å². The summed E-state index contributed by atoms with van der Waals surface area (Å²) in [6, 6.07) is 7.74. The van der Waals surface area contributed by atoms with Crippen molar-refractivity contribution in [1.29, 1.82) is 0 Å². The van der Waals surface area contributed by atoms with Gasteiger partial charge in [-0.2, -0.15) is 0 Å². The minimum absolute atomic E-state index is 0.0974. The zero-order chi connectivity index (χ0) is 15.4. The number of carboxylic acid groups (broad SMARTS) is 1. The summed E-state index contributed by atoms with van der Waals surface area (Å²) in [5.41, 5.74) is 1.92. The van der Waals surface area contributed by atoms with E-state index in [-0.39, 0.29) is 5.91 Å². The number of amides is 1. The van der Waals surface area contributed by atoms with Crippen LogP contribution in [0.5, 0.6) is 0 Å². The first-order valence-corrected chi connectivity index (χ1v) is 7.30. The summed E-state index contributed by atoms with van der Waals surface area (Å²) in [6.45, 7) is 4.43. The average molecular weight is 287 g/mol. The number of allylic oxidation sites excluding steroid dienone is 2. The lowest BCUT2D eigenvalue weighted by molar-refractivity contribution is -0.146. The molecule has 4 nitrogen and oxygen atoms in total. The van der Waals surface area contributed by atoms with Crippen LogP contribution in [0, 0.1) is 18.8 Å². The summed E-state index contributed by atoms with van der Waals surface area (Å²) >= 11 is 0. The van der Waals surface area contributed by atoms with Crippen molar-refractivity contribution in [2.45, 2.75) is 26.7 Å². The Bertz CT molecular complexity index is 565. The molecule has 1 N–H and O–H groups in total. The molecule has 0 bridgehead atoms. The van der Waals surface area contributed by atoms with Crippen LogP contribution in [0.4, 0.5) is 5.69 Å². The van der Waals surface area contributed by atoms with Crippen LogP contribution >= 0.6 is 0 Å². The Morgan fingerprint density at radius 1 is 1.24 bits per heavy atom. The van der Waals surface area contributed by atoms with E-state index in [4.69, 9.17) is 0 Å². The van der Waals surface area contributed by atoms with Gasteiger partial charge in [0.2, 0.25) is 5.91 Å². The number of anilines is 1. The predicted molar refractivity (Wildman–Crippen MR) is 82.2 cm³/mol. The third kappa shape index (κ3) is 3.32. The maximum atomic E-state index is 12.8. The van der Waals surface area contributed by atoms with Crippen molar-refractivity contribution in [3.8, 4) is 0 Å². The lowest BCUT2D eigenvalue weighted by atomic mass is 9.82. The molecule has 0 radical (unpaired) electrons. The SMILES string of the molecule is CCN(C(=O)[C@@H]1CC=CC[C@@H]1C(=O)O)c1cccc(C)c1. The highest BCUT2D eigenvalue weighted by Crippen LogP contribution is 2.29. The summed E-state index contributed by atoms with van der Waals surface area (Å²) < 4.78 is 0. The topological polar surface area (TPSA) is 57.6 Å². The van der Waals surface area contributed by atoms with Crippen LogP contribution in [0.2, 0.25) is 0 Å². The maximum Gasteiger partial charge on any atom is 0.307 e. The largest absolute Gasteiger partial charge is 0.481 e. The molecule has 0 unspecified atom stereocenters. The molecule has 1 aliphatic carbocycles. The summed E-state index contributed by atoms with van der Waals surface area (Å²) in [4.78, 5) is 25.8. The molecule has 1 aromatic rings. The molecule has 0 saturated carbocycles. The number of rotatable bonds is 4. The number of aliphatic carboxylic acids is 1. The molecule has 21 heavy (non-hydrogen) atoms. The molecule has 0 heterocycles. The smallest absolute Gasteiger partial charge is 0.307 e. The standard InChI is InChI=1S/C17H21NO3/c1-3-18(13-8-6-7-12(2)11-13)16(19)14-9-4-5-10-15(14)17(20)21/h4-8,11,14-15H,3,9-10H2,1-2H3,(H,20,21)/t14-,15+/m1/s1. The van der Waals surface area contributed by atoms with E-state index in [1.807, 2.05) is 50.3 Å². The number of hydrogen-bond acceptors (Lipinski definition) is 2. The normalized spacial score (nSPS) is 21.0. The first kappa shape index (κ1) is 15.3. The summed E-state index contributed by atoms with van der Waals surface area (Å²) in [5.74, 6) is -2.09. The van der Waals surface area contributed by atoms with Gasteiger partial charge in [0, 0.05) is 12.2 Å². The fourth-order valence-electron chi connectivity index (χ4n) is 2.82. The van der Waals surface area contributed by atoms with E-state index in [2.05, 4.69) is 0 Å². The molecule has 0 aliphatic heterocycles. The summed E-state index contributed by atoms with van der Waals surface area (Å²) in [7, 11) is 0. The Kier molecular flexibility index (Phi) is 4.78. The Morgan fingerprint density at radius 3 is 2.48 bits per heavy atom.